The van der Waals surface area contributed by atoms with Crippen LogP contribution < -0.4 is 11.3 Å². The second-order valence-corrected chi connectivity index (χ2v) is 5.17. The number of nitrogens with two attached hydrogens (primary N) is 1. The minimum Gasteiger partial charge on any atom is -0.381 e. The maximum atomic E-state index is 6.01. The molecule has 0 bridgehead atoms. The molecule has 1 heterocycles. The van der Waals surface area contributed by atoms with Gasteiger partial charge in [0.15, 0.2) is 0 Å². The van der Waals surface area contributed by atoms with Gasteiger partial charge in [-0.3, -0.25) is 11.3 Å². The minimum atomic E-state index is 0.0940. The number of hydrazine groups is 1. The molecule has 0 spiro atoms. The first-order valence-corrected chi connectivity index (χ1v) is 6.45. The van der Waals surface area contributed by atoms with Crippen LogP contribution >= 0.6 is 23.2 Å². The molecule has 0 radical (unpaired) electrons. The molecule has 1 fully saturated rings. The zero-order chi connectivity index (χ0) is 12.3. The molecule has 1 aromatic rings. The van der Waals surface area contributed by atoms with Gasteiger partial charge < -0.3 is 4.74 Å². The molecule has 5 heteroatoms. The van der Waals surface area contributed by atoms with Crippen molar-refractivity contribution in [3.05, 3.63) is 33.8 Å². The Hall–Kier alpha value is -0.320. The molecule has 94 valence electrons. The first-order valence-electron chi connectivity index (χ1n) is 5.69. The average molecular weight is 275 g/mol. The van der Waals surface area contributed by atoms with Gasteiger partial charge in [0.1, 0.15) is 0 Å². The van der Waals surface area contributed by atoms with E-state index >= 15 is 0 Å². The third-order valence-corrected chi connectivity index (χ3v) is 3.88. The summed E-state index contributed by atoms with van der Waals surface area (Å²) in [6.07, 6.45) is 2.05. The fraction of sp³-hybridized carbons (Fsp3) is 0.500. The second kappa shape index (κ2) is 6.03. The average Bonchev–Trinajstić information content (AvgIpc) is 2.82. The summed E-state index contributed by atoms with van der Waals surface area (Å²) in [4.78, 5) is 0. The Morgan fingerprint density at radius 3 is 2.82 bits per heavy atom. The predicted octanol–water partition coefficient (Wildman–Crippen LogP) is 2.92. The third-order valence-electron chi connectivity index (χ3n) is 3.14. The zero-order valence-corrected chi connectivity index (χ0v) is 11.0. The second-order valence-electron chi connectivity index (χ2n) is 4.36. The van der Waals surface area contributed by atoms with Crippen LogP contribution in [0.3, 0.4) is 0 Å². The van der Waals surface area contributed by atoms with Crippen molar-refractivity contribution in [2.45, 2.75) is 18.9 Å². The summed E-state index contributed by atoms with van der Waals surface area (Å²) in [5.41, 5.74) is 3.90. The number of halogens is 2. The molecule has 1 aliphatic rings. The van der Waals surface area contributed by atoms with Gasteiger partial charge in [-0.05, 0) is 36.5 Å². The highest BCUT2D eigenvalue weighted by Gasteiger charge is 2.21. The number of nitrogens with one attached hydrogen (secondary N) is 1. The lowest BCUT2D eigenvalue weighted by Gasteiger charge is -2.19. The van der Waals surface area contributed by atoms with Crippen LogP contribution in [0.4, 0.5) is 0 Å². The molecule has 1 aliphatic heterocycles. The van der Waals surface area contributed by atoms with Gasteiger partial charge in [-0.1, -0.05) is 29.3 Å². The van der Waals surface area contributed by atoms with Gasteiger partial charge in [0.2, 0.25) is 0 Å². The number of rotatable bonds is 4. The minimum absolute atomic E-state index is 0.0940. The molecule has 0 aromatic heterocycles. The quantitative estimate of drug-likeness (QED) is 0.656. The molecule has 3 N–H and O–H groups in total. The fourth-order valence-corrected chi connectivity index (χ4v) is 2.44. The van der Waals surface area contributed by atoms with E-state index in [1.165, 1.54) is 0 Å². The number of benzene rings is 1. The molecular weight excluding hydrogens is 259 g/mol. The summed E-state index contributed by atoms with van der Waals surface area (Å²) in [7, 11) is 0. The first-order chi connectivity index (χ1) is 8.20. The van der Waals surface area contributed by atoms with E-state index in [4.69, 9.17) is 33.8 Å². The standard InChI is InChI=1S/C12H16Cl2N2O/c13-10-2-1-9(6-11(10)14)12(16-15)5-8-3-4-17-7-8/h1-2,6,8,12,16H,3-5,7,15H2. The van der Waals surface area contributed by atoms with Crippen LogP contribution in [0.2, 0.25) is 10.0 Å². The van der Waals surface area contributed by atoms with E-state index < -0.39 is 0 Å². The Kier molecular flexibility index (Phi) is 4.65. The molecular formula is C12H16Cl2N2O. The van der Waals surface area contributed by atoms with Crippen molar-refractivity contribution in [3.8, 4) is 0 Å². The van der Waals surface area contributed by atoms with E-state index in [-0.39, 0.29) is 6.04 Å². The van der Waals surface area contributed by atoms with Crippen LogP contribution in [0.25, 0.3) is 0 Å². The Morgan fingerprint density at radius 1 is 1.41 bits per heavy atom. The Balaban J connectivity index is 2.08. The van der Waals surface area contributed by atoms with Crippen molar-refractivity contribution in [3.63, 3.8) is 0 Å². The van der Waals surface area contributed by atoms with Gasteiger partial charge in [0.05, 0.1) is 10.0 Å². The molecule has 1 aromatic carbocycles. The van der Waals surface area contributed by atoms with Gasteiger partial charge >= 0.3 is 0 Å². The highest BCUT2D eigenvalue weighted by atomic mass is 35.5. The Bertz CT molecular complexity index is 381. The molecule has 0 amide bonds. The lowest BCUT2D eigenvalue weighted by molar-refractivity contribution is 0.181. The third kappa shape index (κ3) is 3.33. The van der Waals surface area contributed by atoms with Gasteiger partial charge in [0, 0.05) is 19.3 Å². The smallest absolute Gasteiger partial charge is 0.0595 e. The van der Waals surface area contributed by atoms with Gasteiger partial charge in [-0.2, -0.15) is 0 Å². The largest absolute Gasteiger partial charge is 0.381 e. The van der Waals surface area contributed by atoms with Gasteiger partial charge in [0.25, 0.3) is 0 Å². The van der Waals surface area contributed by atoms with Crippen LogP contribution in [0.1, 0.15) is 24.4 Å². The highest BCUT2D eigenvalue weighted by Crippen LogP contribution is 2.30. The van der Waals surface area contributed by atoms with E-state index in [0.717, 1.165) is 31.6 Å². The highest BCUT2D eigenvalue weighted by molar-refractivity contribution is 6.42. The first kappa shape index (κ1) is 13.1. The van der Waals surface area contributed by atoms with Crippen molar-refractivity contribution in [2.75, 3.05) is 13.2 Å². The molecule has 2 atom stereocenters. The number of ether oxygens (including phenoxy) is 1. The topological polar surface area (TPSA) is 47.3 Å². The fourth-order valence-electron chi connectivity index (χ4n) is 2.13. The molecule has 17 heavy (non-hydrogen) atoms. The maximum absolute atomic E-state index is 6.01. The van der Waals surface area contributed by atoms with Crippen LogP contribution in [-0.2, 0) is 4.74 Å². The van der Waals surface area contributed by atoms with Crippen LogP contribution in [0.15, 0.2) is 18.2 Å². The lowest BCUT2D eigenvalue weighted by Crippen LogP contribution is -2.29. The molecule has 3 nitrogen and oxygen atoms in total. The molecule has 0 aliphatic carbocycles. The van der Waals surface area contributed by atoms with Crippen molar-refractivity contribution in [1.82, 2.24) is 5.43 Å². The Labute approximate surface area is 111 Å². The summed E-state index contributed by atoms with van der Waals surface area (Å²) in [5.74, 6) is 6.16. The summed E-state index contributed by atoms with van der Waals surface area (Å²) >= 11 is 11.9. The summed E-state index contributed by atoms with van der Waals surface area (Å²) in [6, 6.07) is 5.71. The van der Waals surface area contributed by atoms with Gasteiger partial charge in [-0.15, -0.1) is 0 Å². The van der Waals surface area contributed by atoms with E-state index in [0.29, 0.717) is 16.0 Å². The zero-order valence-electron chi connectivity index (χ0n) is 9.46. The molecule has 2 rings (SSSR count). The predicted molar refractivity (Wildman–Crippen MR) is 70.1 cm³/mol. The summed E-state index contributed by atoms with van der Waals surface area (Å²) in [6.45, 7) is 1.67. The monoisotopic (exact) mass is 274 g/mol. The molecule has 0 saturated carbocycles. The Morgan fingerprint density at radius 2 is 2.24 bits per heavy atom. The van der Waals surface area contributed by atoms with Crippen LogP contribution in [0.5, 0.6) is 0 Å². The van der Waals surface area contributed by atoms with Crippen molar-refractivity contribution in [2.24, 2.45) is 11.8 Å². The molecule has 1 saturated heterocycles. The van der Waals surface area contributed by atoms with E-state index in [1.807, 2.05) is 12.1 Å². The molecule has 2 unspecified atom stereocenters. The van der Waals surface area contributed by atoms with Crippen LogP contribution in [0, 0.1) is 5.92 Å². The summed E-state index contributed by atoms with van der Waals surface area (Å²) in [5, 5.41) is 1.13. The number of hydrogen-bond donors (Lipinski definition) is 2. The van der Waals surface area contributed by atoms with Crippen molar-refractivity contribution in [1.29, 1.82) is 0 Å². The SMILES string of the molecule is NNC(CC1CCOC1)c1ccc(Cl)c(Cl)c1. The normalized spacial score (nSPS) is 21.7. The van der Waals surface area contributed by atoms with Crippen molar-refractivity contribution >= 4 is 23.2 Å². The van der Waals surface area contributed by atoms with E-state index in [1.54, 1.807) is 6.07 Å². The number of hydrogen-bond acceptors (Lipinski definition) is 3. The summed E-state index contributed by atoms with van der Waals surface area (Å²) < 4.78 is 5.37. The lowest BCUT2D eigenvalue weighted by atomic mass is 9.94. The van der Waals surface area contributed by atoms with Crippen LogP contribution in [-0.4, -0.2) is 13.2 Å². The maximum Gasteiger partial charge on any atom is 0.0595 e. The van der Waals surface area contributed by atoms with Crippen molar-refractivity contribution < 1.29 is 4.74 Å². The van der Waals surface area contributed by atoms with Gasteiger partial charge in [-0.25, -0.2) is 0 Å². The van der Waals surface area contributed by atoms with E-state index in [2.05, 4.69) is 5.43 Å². The van der Waals surface area contributed by atoms with E-state index in [9.17, 15) is 0 Å².